The van der Waals surface area contributed by atoms with Crippen LogP contribution in [0.5, 0.6) is 0 Å². The minimum atomic E-state index is -0.213. The summed E-state index contributed by atoms with van der Waals surface area (Å²) < 4.78 is 25.2. The third-order valence-electron chi connectivity index (χ3n) is 4.50. The van der Waals surface area contributed by atoms with E-state index in [1.807, 2.05) is 20.9 Å². The van der Waals surface area contributed by atoms with Gasteiger partial charge in [-0.2, -0.15) is 0 Å². The average molecular weight is 504 g/mol. The smallest absolute Gasteiger partial charge is 0.0781 e. The highest BCUT2D eigenvalue weighted by atomic mass is 16.6. The first kappa shape index (κ1) is 42.1. The molecule has 5 rings (SSSR count). The summed E-state index contributed by atoms with van der Waals surface area (Å²) in [6.45, 7) is 12.5. The van der Waals surface area contributed by atoms with Gasteiger partial charge in [0, 0.05) is 31.7 Å². The molecule has 0 aromatic carbocycles. The maximum absolute atomic E-state index is 8.49. The number of nitrogens with one attached hydrogen (secondary N) is 1. The van der Waals surface area contributed by atoms with Crippen molar-refractivity contribution in [3.05, 3.63) is 0 Å². The normalized spacial score (nSPS) is 20.8. The fourth-order valence-corrected chi connectivity index (χ4v) is 1.24. The van der Waals surface area contributed by atoms with Crippen molar-refractivity contribution in [2.75, 3.05) is 40.9 Å². The highest BCUT2D eigenvalue weighted by Crippen LogP contribution is 2.15. The Labute approximate surface area is 231 Å². The fourth-order valence-electron chi connectivity index (χ4n) is 1.24. The molecule has 35 heavy (non-hydrogen) atoms. The van der Waals surface area contributed by atoms with Gasteiger partial charge in [0.15, 0.2) is 0 Å². The monoisotopic (exact) mass is 505 g/mol. The van der Waals surface area contributed by atoms with Crippen molar-refractivity contribution in [1.29, 1.82) is 4.01 Å². The number of aliphatic hydroxyl groups is 1. The molecule has 3 saturated carbocycles. The van der Waals surface area contributed by atoms with Gasteiger partial charge in [-0.1, -0.05) is 90.9 Å². The van der Waals surface area contributed by atoms with Crippen molar-refractivity contribution in [2.24, 2.45) is 11.5 Å². The lowest BCUT2D eigenvalue weighted by molar-refractivity contribution is 0.194. The van der Waals surface area contributed by atoms with Crippen LogP contribution in [0.25, 0.3) is 0 Å². The second kappa shape index (κ2) is 50.8. The van der Waals surface area contributed by atoms with Gasteiger partial charge in [-0.15, -0.1) is 0 Å². The maximum Gasteiger partial charge on any atom is 0.0781 e. The number of ether oxygens (including phenoxy) is 2. The number of nitrogens with two attached hydrogens (primary N) is 2. The predicted molar refractivity (Wildman–Crippen MR) is 165 cm³/mol. The molecule has 5 aliphatic rings. The van der Waals surface area contributed by atoms with Crippen LogP contribution in [-0.4, -0.2) is 93.5 Å². The summed E-state index contributed by atoms with van der Waals surface area (Å²) in [6, 6.07) is 0. The maximum atomic E-state index is 8.49. The van der Waals surface area contributed by atoms with E-state index < -0.39 is 0 Å². The molecular weight excluding hydrogens is 435 g/mol. The van der Waals surface area contributed by atoms with E-state index in [0.29, 0.717) is 18.8 Å². The first-order valence-electron chi connectivity index (χ1n) is 15.0. The van der Waals surface area contributed by atoms with Gasteiger partial charge in [0.05, 0.1) is 31.5 Å². The van der Waals surface area contributed by atoms with E-state index in [2.05, 4.69) is 55.8 Å². The molecule has 2 saturated heterocycles. The van der Waals surface area contributed by atoms with Crippen molar-refractivity contribution in [3.63, 3.8) is 0 Å². The molecule has 5 fully saturated rings. The van der Waals surface area contributed by atoms with Gasteiger partial charge >= 0.3 is 0 Å². The van der Waals surface area contributed by atoms with Crippen LogP contribution in [0.1, 0.15) is 112 Å². The highest BCUT2D eigenvalue weighted by Gasteiger charge is 2.13. The lowest BCUT2D eigenvalue weighted by atomic mass is 10.0. The zero-order chi connectivity index (χ0) is 31.5. The molecule has 2 heterocycles. The summed E-state index contributed by atoms with van der Waals surface area (Å²) in [5.74, 6) is 0. The topological polar surface area (TPSA) is 109 Å². The molecular formula is C26H66B3N3O3. The quantitative estimate of drug-likeness (QED) is 0.340. The van der Waals surface area contributed by atoms with Crippen LogP contribution < -0.4 is 16.8 Å². The molecule has 0 amide bonds. The molecule has 6 N–H and O–H groups in total. The van der Waals surface area contributed by atoms with E-state index >= 15 is 0 Å². The Bertz CT molecular complexity index is 252. The van der Waals surface area contributed by atoms with Crippen molar-refractivity contribution >= 4 is 25.1 Å². The van der Waals surface area contributed by atoms with Gasteiger partial charge in [-0.3, -0.25) is 0 Å². The fraction of sp³-hybridized carbons (Fsp3) is 1.00. The molecule has 2 aliphatic heterocycles. The van der Waals surface area contributed by atoms with Crippen LogP contribution in [0.4, 0.5) is 0 Å². The van der Waals surface area contributed by atoms with Crippen LogP contribution in [0.2, 0.25) is 0 Å². The van der Waals surface area contributed by atoms with Crippen LogP contribution in [0, 0.1) is 0 Å². The Hall–Kier alpha value is -0.0452. The van der Waals surface area contributed by atoms with Gasteiger partial charge < -0.3 is 31.4 Å². The van der Waals surface area contributed by atoms with Crippen molar-refractivity contribution in [2.45, 2.75) is 130 Å². The molecule has 3 aliphatic carbocycles. The second-order valence-electron chi connectivity index (χ2n) is 7.94. The molecule has 0 aromatic rings. The average Bonchev–Trinajstić information content (AvgIpc) is 3.79. The Kier molecular flexibility index (Phi) is 61.0. The molecule has 212 valence electrons. The van der Waals surface area contributed by atoms with E-state index in [0.717, 1.165) is 13.2 Å². The minimum Gasteiger partial charge on any atom is -0.392 e. The summed E-state index contributed by atoms with van der Waals surface area (Å²) in [4.78, 5) is 0. The molecule has 9 heteroatoms. The molecule has 0 bridgehead atoms. The largest absolute Gasteiger partial charge is 0.392 e. The molecule has 3 atom stereocenters. The van der Waals surface area contributed by atoms with Crippen molar-refractivity contribution in [1.82, 2.24) is 5.32 Å². The summed E-state index contributed by atoms with van der Waals surface area (Å²) in [5.41, 5.74) is 9.00. The van der Waals surface area contributed by atoms with Crippen LogP contribution in [0.3, 0.4) is 0 Å². The predicted octanol–water partition coefficient (Wildman–Crippen LogP) is 3.31. The van der Waals surface area contributed by atoms with E-state index in [9.17, 15) is 0 Å². The number of likely N-dealkylation sites (N-methyl/N-ethyl adjacent to an activating group) is 1. The van der Waals surface area contributed by atoms with E-state index in [1.165, 1.54) is 91.1 Å². The van der Waals surface area contributed by atoms with Gasteiger partial charge in [-0.25, -0.2) is 0 Å². The minimum absolute atomic E-state index is 0.213. The first-order chi connectivity index (χ1) is 18.6. The Morgan fingerprint density at radius 1 is 0.714 bits per heavy atom. The van der Waals surface area contributed by atoms with Crippen LogP contribution >= 0.6 is 0 Å². The third-order valence-corrected chi connectivity index (χ3v) is 4.50. The SMILES string of the molecule is C1CCC1.C1CCC1.C1CCC1.CC.CC1CO1.CC1CO1.CN.CN.CNCC(C)O.[2H][B].[2H][B].[2H][B]. The Balaban J connectivity index is -0.0000000565. The van der Waals surface area contributed by atoms with E-state index in [-0.39, 0.29) is 6.10 Å². The summed E-state index contributed by atoms with van der Waals surface area (Å²) in [5, 5.41) is 11.3. The van der Waals surface area contributed by atoms with Gasteiger partial charge in [0.25, 0.3) is 0 Å². The van der Waals surface area contributed by atoms with Gasteiger partial charge in [0.2, 0.25) is 0 Å². The molecule has 0 aromatic heterocycles. The molecule has 6 nitrogen and oxygen atoms in total. The number of aliphatic hydroxyl groups excluding tert-OH is 1. The van der Waals surface area contributed by atoms with Crippen molar-refractivity contribution in [3.8, 4) is 0 Å². The number of hydrogen-bond donors (Lipinski definition) is 4. The van der Waals surface area contributed by atoms with Crippen molar-refractivity contribution < 1.29 is 14.6 Å². The van der Waals surface area contributed by atoms with E-state index in [4.69, 9.17) is 18.6 Å². The van der Waals surface area contributed by atoms with E-state index in [1.54, 1.807) is 6.92 Å². The first-order valence-corrected chi connectivity index (χ1v) is 13.3. The summed E-state index contributed by atoms with van der Waals surface area (Å²) >= 11 is 0. The van der Waals surface area contributed by atoms with Crippen LogP contribution in [0.15, 0.2) is 0 Å². The zero-order valence-corrected chi connectivity index (χ0v) is 25.0. The zero-order valence-electron chi connectivity index (χ0n) is 28.0. The molecule has 6 radical (unpaired) electrons. The third kappa shape index (κ3) is 79.0. The van der Waals surface area contributed by atoms with Crippen LogP contribution in [-0.2, 0) is 9.47 Å². The summed E-state index contributed by atoms with van der Waals surface area (Å²) in [7, 11) is 16.1. The Morgan fingerprint density at radius 2 is 0.857 bits per heavy atom. The van der Waals surface area contributed by atoms with Gasteiger partial charge in [0.1, 0.15) is 0 Å². The molecule has 3 unspecified atom stereocenters. The standard InChI is InChI=1S/C4H11NO.3C4H8.2C3H6O.C2H6.2CH5N.3BH/c1-4(6)3-5-2;3*1-2-4-3-1;2*1-3-2-4-3;3*1-2;;;/h4-6H,3H2,1-2H3;3*1-4H2;2*3H,2H2,1H3;1-2H3;2*2H2,1H3;3*1H/i;;;;;;;;;3*1D. The number of epoxide rings is 2. The lowest BCUT2D eigenvalue weighted by Crippen LogP contribution is -2.19. The summed E-state index contributed by atoms with van der Waals surface area (Å²) in [6.07, 6.45) is 19.0. The highest BCUT2D eigenvalue weighted by molar-refractivity contribution is 5.76. The second-order valence-corrected chi connectivity index (χ2v) is 7.94. The Morgan fingerprint density at radius 3 is 0.857 bits per heavy atom. The molecule has 0 spiro atoms. The lowest BCUT2D eigenvalue weighted by Gasteiger charge is -2.05. The van der Waals surface area contributed by atoms with Gasteiger partial charge in [-0.05, 0) is 45.9 Å². The number of rotatable bonds is 2. The number of hydrogen-bond acceptors (Lipinski definition) is 6.